The lowest BCUT2D eigenvalue weighted by atomic mass is 10.1. The Labute approximate surface area is 190 Å². The molecule has 166 valence electrons. The summed E-state index contributed by atoms with van der Waals surface area (Å²) in [5, 5.41) is 1.43. The van der Waals surface area contributed by atoms with Crippen molar-refractivity contribution in [2.45, 2.75) is 45.8 Å². The summed E-state index contributed by atoms with van der Waals surface area (Å²) in [6.07, 6.45) is 1.84. The number of piperidine rings is 1. The van der Waals surface area contributed by atoms with E-state index >= 15 is 0 Å². The van der Waals surface area contributed by atoms with Crippen LogP contribution in [0.15, 0.2) is 33.9 Å². The fourth-order valence-electron chi connectivity index (χ4n) is 4.06. The van der Waals surface area contributed by atoms with E-state index in [1.807, 2.05) is 11.8 Å². The molecule has 1 atom stereocenters. The third-order valence-corrected chi connectivity index (χ3v) is 5.88. The first-order valence-electron chi connectivity index (χ1n) is 10.5. The number of halogens is 1. The van der Waals surface area contributed by atoms with Gasteiger partial charge in [0.2, 0.25) is 0 Å². The molecule has 0 aliphatic carbocycles. The van der Waals surface area contributed by atoms with Crippen LogP contribution in [-0.4, -0.2) is 38.2 Å². The first-order valence-corrected chi connectivity index (χ1v) is 10.9. The van der Waals surface area contributed by atoms with Crippen molar-refractivity contribution in [3.05, 3.63) is 61.6 Å². The third kappa shape index (κ3) is 4.40. The maximum Gasteiger partial charge on any atom is 0.333 e. The van der Waals surface area contributed by atoms with Crippen molar-refractivity contribution in [2.24, 2.45) is 5.73 Å². The summed E-state index contributed by atoms with van der Waals surface area (Å²) < 4.78 is 2.69. The Hall–Kier alpha value is -3.15. The number of nitrogens with two attached hydrogens (primary N) is 1. The largest absolute Gasteiger partial charge is 0.356 e. The van der Waals surface area contributed by atoms with Gasteiger partial charge in [-0.15, -0.1) is 5.92 Å². The molecule has 3 aromatic rings. The van der Waals surface area contributed by atoms with Crippen molar-refractivity contribution in [3.8, 4) is 11.8 Å². The molecule has 0 saturated carbocycles. The predicted molar refractivity (Wildman–Crippen MR) is 126 cm³/mol. The summed E-state index contributed by atoms with van der Waals surface area (Å²) >= 11 is 6.08. The second kappa shape index (κ2) is 9.15. The number of fused-ring (bicyclic) bond motifs is 1. The van der Waals surface area contributed by atoms with Crippen LogP contribution in [0.2, 0.25) is 5.02 Å². The molecule has 0 spiro atoms. The van der Waals surface area contributed by atoms with Gasteiger partial charge in [0.1, 0.15) is 11.6 Å². The number of benzene rings is 1. The van der Waals surface area contributed by atoms with Gasteiger partial charge in [0.05, 0.1) is 18.6 Å². The van der Waals surface area contributed by atoms with E-state index in [-0.39, 0.29) is 19.1 Å². The number of nitrogens with zero attached hydrogens (tertiary/aromatic N) is 5. The topological polar surface area (TPSA) is 99.0 Å². The molecule has 0 bridgehead atoms. The van der Waals surface area contributed by atoms with E-state index < -0.39 is 11.2 Å². The van der Waals surface area contributed by atoms with E-state index in [2.05, 4.69) is 21.8 Å². The first kappa shape index (κ1) is 22.1. The van der Waals surface area contributed by atoms with Gasteiger partial charge in [-0.25, -0.2) is 14.8 Å². The summed E-state index contributed by atoms with van der Waals surface area (Å²) in [7, 11) is 0. The lowest BCUT2D eigenvalue weighted by Crippen LogP contribution is -2.48. The van der Waals surface area contributed by atoms with Gasteiger partial charge >= 0.3 is 5.69 Å². The standard InChI is InChI=1S/C23H25ClN6O2/c1-3-4-10-29-21(28-9-5-6-17(25)13-28)12-22(31)30(23(29)32)14-20-26-15(2)18-11-16(24)7-8-19(18)27-20/h7-8,11-12,17H,5-6,9-10,13-14,25H2,1-2H3/t17-/m1/s1. The SMILES string of the molecule is CC#CCn1c(N2CCC[C@@H](N)C2)cc(=O)n(Cc2nc(C)c3cc(Cl)ccc3n2)c1=O. The Kier molecular flexibility index (Phi) is 6.31. The molecule has 8 nitrogen and oxygen atoms in total. The molecule has 2 N–H and O–H groups in total. The lowest BCUT2D eigenvalue weighted by Gasteiger charge is -2.33. The average molecular weight is 453 g/mol. The van der Waals surface area contributed by atoms with E-state index in [4.69, 9.17) is 17.3 Å². The number of aromatic nitrogens is 4. The van der Waals surface area contributed by atoms with E-state index in [9.17, 15) is 9.59 Å². The zero-order valence-electron chi connectivity index (χ0n) is 18.1. The Bertz CT molecular complexity index is 1350. The summed E-state index contributed by atoms with van der Waals surface area (Å²) in [6.45, 7) is 5.06. The monoisotopic (exact) mass is 452 g/mol. The average Bonchev–Trinajstić information content (AvgIpc) is 2.76. The summed E-state index contributed by atoms with van der Waals surface area (Å²) in [5.74, 6) is 6.71. The van der Waals surface area contributed by atoms with Crippen LogP contribution in [0.4, 0.5) is 5.82 Å². The number of rotatable bonds is 4. The van der Waals surface area contributed by atoms with Crippen LogP contribution in [-0.2, 0) is 13.1 Å². The van der Waals surface area contributed by atoms with Crippen molar-refractivity contribution in [3.63, 3.8) is 0 Å². The van der Waals surface area contributed by atoms with Gasteiger partial charge < -0.3 is 10.6 Å². The van der Waals surface area contributed by atoms with Gasteiger partial charge in [-0.1, -0.05) is 17.5 Å². The smallest absolute Gasteiger partial charge is 0.333 e. The zero-order valence-corrected chi connectivity index (χ0v) is 18.9. The minimum Gasteiger partial charge on any atom is -0.356 e. The van der Waals surface area contributed by atoms with Crippen LogP contribution in [0.5, 0.6) is 0 Å². The number of hydrogen-bond acceptors (Lipinski definition) is 6. The van der Waals surface area contributed by atoms with Crippen LogP contribution in [0.25, 0.3) is 10.9 Å². The Morgan fingerprint density at radius 3 is 2.78 bits per heavy atom. The predicted octanol–water partition coefficient (Wildman–Crippen LogP) is 1.91. The van der Waals surface area contributed by atoms with E-state index in [1.54, 1.807) is 25.1 Å². The van der Waals surface area contributed by atoms with E-state index in [1.165, 1.54) is 10.6 Å². The van der Waals surface area contributed by atoms with Crippen molar-refractivity contribution in [1.29, 1.82) is 0 Å². The molecule has 0 radical (unpaired) electrons. The normalized spacial score (nSPS) is 16.1. The van der Waals surface area contributed by atoms with Crippen molar-refractivity contribution >= 4 is 28.3 Å². The van der Waals surface area contributed by atoms with Crippen LogP contribution in [0, 0.1) is 18.8 Å². The van der Waals surface area contributed by atoms with Crippen molar-refractivity contribution in [2.75, 3.05) is 18.0 Å². The Morgan fingerprint density at radius 1 is 1.22 bits per heavy atom. The number of hydrogen-bond donors (Lipinski definition) is 1. The van der Waals surface area contributed by atoms with Gasteiger partial charge in [-0.3, -0.25) is 13.9 Å². The van der Waals surface area contributed by atoms with Gasteiger partial charge in [-0.2, -0.15) is 0 Å². The molecule has 3 heterocycles. The summed E-state index contributed by atoms with van der Waals surface area (Å²) in [4.78, 5) is 37.4. The Morgan fingerprint density at radius 2 is 2.03 bits per heavy atom. The highest BCUT2D eigenvalue weighted by molar-refractivity contribution is 6.31. The maximum absolute atomic E-state index is 13.4. The molecule has 1 aliphatic heterocycles. The number of anilines is 1. The summed E-state index contributed by atoms with van der Waals surface area (Å²) in [6, 6.07) is 6.85. The quantitative estimate of drug-likeness (QED) is 0.607. The van der Waals surface area contributed by atoms with Crippen molar-refractivity contribution < 1.29 is 0 Å². The zero-order chi connectivity index (χ0) is 22.8. The molecule has 1 fully saturated rings. The third-order valence-electron chi connectivity index (χ3n) is 5.65. The summed E-state index contributed by atoms with van der Waals surface area (Å²) in [5.41, 5.74) is 6.73. The Balaban J connectivity index is 1.78. The van der Waals surface area contributed by atoms with Crippen LogP contribution >= 0.6 is 11.6 Å². The molecule has 1 aromatic carbocycles. The van der Waals surface area contributed by atoms with Gasteiger partial charge in [-0.05, 0) is 44.9 Å². The molecule has 1 aliphatic rings. The van der Waals surface area contributed by atoms with Crippen LogP contribution in [0.1, 0.15) is 31.3 Å². The molecule has 1 saturated heterocycles. The molecule has 0 unspecified atom stereocenters. The molecule has 0 amide bonds. The number of aryl methyl sites for hydroxylation is 1. The minimum atomic E-state index is -0.438. The molecular formula is C23H25ClN6O2. The fraction of sp³-hybridized carbons (Fsp3) is 0.391. The molecular weight excluding hydrogens is 428 g/mol. The van der Waals surface area contributed by atoms with Crippen LogP contribution < -0.4 is 21.9 Å². The lowest BCUT2D eigenvalue weighted by molar-refractivity contribution is 0.491. The van der Waals surface area contributed by atoms with Gasteiger partial charge in [0, 0.05) is 41.3 Å². The molecule has 4 rings (SSSR count). The highest BCUT2D eigenvalue weighted by Crippen LogP contribution is 2.20. The second-order valence-electron chi connectivity index (χ2n) is 7.96. The van der Waals surface area contributed by atoms with Gasteiger partial charge in [0.15, 0.2) is 0 Å². The van der Waals surface area contributed by atoms with Crippen molar-refractivity contribution in [1.82, 2.24) is 19.1 Å². The molecule has 2 aromatic heterocycles. The highest BCUT2D eigenvalue weighted by Gasteiger charge is 2.22. The maximum atomic E-state index is 13.4. The fourth-order valence-corrected chi connectivity index (χ4v) is 4.23. The molecule has 32 heavy (non-hydrogen) atoms. The van der Waals surface area contributed by atoms with Gasteiger partial charge in [0.25, 0.3) is 5.56 Å². The minimum absolute atomic E-state index is 0.00877. The first-order chi connectivity index (χ1) is 15.4. The molecule has 9 heteroatoms. The van der Waals surface area contributed by atoms with Crippen LogP contribution in [0.3, 0.4) is 0 Å². The highest BCUT2D eigenvalue weighted by atomic mass is 35.5. The second-order valence-corrected chi connectivity index (χ2v) is 8.39. The van der Waals surface area contributed by atoms with E-state index in [0.717, 1.165) is 35.0 Å². The van der Waals surface area contributed by atoms with E-state index in [0.29, 0.717) is 28.7 Å².